The molecule has 2 rings (SSSR count). The van der Waals surface area contributed by atoms with Crippen LogP contribution in [0.2, 0.25) is 5.02 Å². The van der Waals surface area contributed by atoms with Crippen LogP contribution in [0.25, 0.3) is 0 Å². The van der Waals surface area contributed by atoms with Crippen LogP contribution < -0.4 is 5.32 Å². The van der Waals surface area contributed by atoms with Crippen molar-refractivity contribution < 1.29 is 26.4 Å². The minimum atomic E-state index is -4.27. The van der Waals surface area contributed by atoms with E-state index in [0.717, 1.165) is 30.6 Å². The van der Waals surface area contributed by atoms with Crippen molar-refractivity contribution in [1.29, 1.82) is 0 Å². The van der Waals surface area contributed by atoms with Crippen molar-refractivity contribution in [3.8, 4) is 0 Å². The quantitative estimate of drug-likeness (QED) is 0.591. The van der Waals surface area contributed by atoms with Gasteiger partial charge in [0.15, 0.2) is 0 Å². The topological polar surface area (TPSA) is 69.7 Å². The van der Waals surface area contributed by atoms with E-state index >= 15 is 0 Å². The van der Waals surface area contributed by atoms with Gasteiger partial charge in [0.05, 0.1) is 11.6 Å². The number of hydrogen-bond acceptors (Lipinski definition) is 4. The summed E-state index contributed by atoms with van der Waals surface area (Å²) in [5.74, 6) is -0.502. The summed E-state index contributed by atoms with van der Waals surface area (Å²) < 4.78 is 64.3. The van der Waals surface area contributed by atoms with Crippen LogP contribution in [0.5, 0.6) is 0 Å². The van der Waals surface area contributed by atoms with Crippen LogP contribution >= 0.6 is 11.6 Å². The maximum atomic E-state index is 13.0. The van der Waals surface area contributed by atoms with E-state index in [2.05, 4.69) is 5.32 Å². The van der Waals surface area contributed by atoms with Gasteiger partial charge >= 0.3 is 6.18 Å². The molecule has 0 spiro atoms. The molecule has 11 heteroatoms. The molecule has 0 aliphatic carbocycles. The number of rotatable bonds is 8. The van der Waals surface area contributed by atoms with Crippen LogP contribution in [0.15, 0.2) is 23.1 Å². The molecule has 1 aromatic rings. The number of alkyl halides is 3. The summed E-state index contributed by atoms with van der Waals surface area (Å²) in [6.45, 7) is 0.143. The summed E-state index contributed by atoms with van der Waals surface area (Å²) in [6, 6.07) is 4.06. The molecule has 1 heterocycles. The van der Waals surface area contributed by atoms with Gasteiger partial charge in [-0.2, -0.15) is 17.5 Å². The summed E-state index contributed by atoms with van der Waals surface area (Å²) in [5.41, 5.74) is 0.136. The van der Waals surface area contributed by atoms with E-state index in [1.807, 2.05) is 0 Å². The highest BCUT2D eigenvalue weighted by atomic mass is 35.5. The number of halogens is 4. The number of nitrogens with one attached hydrogen (secondary N) is 1. The zero-order valence-electron chi connectivity index (χ0n) is 16.8. The lowest BCUT2D eigenvalue weighted by atomic mass is 10.2. The van der Waals surface area contributed by atoms with Gasteiger partial charge in [0.25, 0.3) is 5.91 Å². The molecule has 0 radical (unpaired) electrons. The normalized spacial score (nSPS) is 16.5. The molecule has 1 fully saturated rings. The first-order chi connectivity index (χ1) is 14.0. The number of benzene rings is 1. The van der Waals surface area contributed by atoms with Gasteiger partial charge in [0, 0.05) is 25.2 Å². The van der Waals surface area contributed by atoms with Crippen LogP contribution in [0.1, 0.15) is 42.5 Å². The Bertz CT molecular complexity index is 826. The summed E-state index contributed by atoms with van der Waals surface area (Å²) in [7, 11) is -2.46. The Kier molecular flexibility index (Phi) is 8.96. The van der Waals surface area contributed by atoms with Crippen molar-refractivity contribution >= 4 is 27.5 Å². The standard InChI is InChI=1S/C19H27ClF3N3O3S/c1-25(14-19(21,22)23)10-6-9-24-18(27)15-7-8-16(20)17(13-15)30(28,29)26-11-4-2-3-5-12-26/h7-8,13H,2-6,9-12,14H2,1H3,(H,24,27). The van der Waals surface area contributed by atoms with Crippen molar-refractivity contribution in [2.45, 2.75) is 43.2 Å². The minimum Gasteiger partial charge on any atom is -0.352 e. The Morgan fingerprint density at radius 3 is 2.43 bits per heavy atom. The second-order valence-electron chi connectivity index (χ2n) is 7.43. The van der Waals surface area contributed by atoms with Gasteiger partial charge in [-0.05, 0) is 51.1 Å². The largest absolute Gasteiger partial charge is 0.401 e. The molecule has 1 saturated heterocycles. The van der Waals surface area contributed by atoms with Gasteiger partial charge in [-0.3, -0.25) is 9.69 Å². The Morgan fingerprint density at radius 2 is 1.83 bits per heavy atom. The van der Waals surface area contributed by atoms with Crippen LogP contribution in [0.3, 0.4) is 0 Å². The molecule has 1 aromatic carbocycles. The van der Waals surface area contributed by atoms with E-state index in [0.29, 0.717) is 19.5 Å². The summed E-state index contributed by atoms with van der Waals surface area (Å²) in [5, 5.41) is 2.65. The van der Waals surface area contributed by atoms with Gasteiger partial charge in [-0.15, -0.1) is 0 Å². The summed E-state index contributed by atoms with van der Waals surface area (Å²) in [6.07, 6.45) is -0.443. The van der Waals surface area contributed by atoms with Crippen molar-refractivity contribution in [2.24, 2.45) is 0 Å². The third-order valence-corrected chi connectivity index (χ3v) is 7.21. The molecule has 1 aliphatic rings. The van der Waals surface area contributed by atoms with Crippen molar-refractivity contribution in [3.05, 3.63) is 28.8 Å². The van der Waals surface area contributed by atoms with E-state index in [1.165, 1.54) is 29.6 Å². The lowest BCUT2D eigenvalue weighted by Gasteiger charge is -2.21. The molecule has 1 aliphatic heterocycles. The van der Waals surface area contributed by atoms with Crippen molar-refractivity contribution in [1.82, 2.24) is 14.5 Å². The molecule has 0 aromatic heterocycles. The van der Waals surface area contributed by atoms with E-state index in [9.17, 15) is 26.4 Å². The maximum absolute atomic E-state index is 13.0. The first kappa shape index (κ1) is 24.9. The lowest BCUT2D eigenvalue weighted by Crippen LogP contribution is -2.34. The molecule has 170 valence electrons. The SMILES string of the molecule is CN(CCCNC(=O)c1ccc(Cl)c(S(=O)(=O)N2CCCCCC2)c1)CC(F)(F)F. The molecule has 0 saturated carbocycles. The number of sulfonamides is 1. The van der Waals surface area contributed by atoms with Gasteiger partial charge in [0.2, 0.25) is 10.0 Å². The first-order valence-electron chi connectivity index (χ1n) is 9.84. The minimum absolute atomic E-state index is 0.0459. The molecule has 0 unspecified atom stereocenters. The zero-order chi connectivity index (χ0) is 22.4. The highest BCUT2D eigenvalue weighted by Gasteiger charge is 2.29. The Hall–Kier alpha value is -1.36. The molecule has 6 nitrogen and oxygen atoms in total. The fourth-order valence-electron chi connectivity index (χ4n) is 3.30. The summed E-state index contributed by atoms with van der Waals surface area (Å²) >= 11 is 6.12. The number of carbonyl (C=O) groups excluding carboxylic acids is 1. The zero-order valence-corrected chi connectivity index (χ0v) is 18.4. The highest BCUT2D eigenvalue weighted by Crippen LogP contribution is 2.27. The van der Waals surface area contributed by atoms with Crippen molar-refractivity contribution in [2.75, 3.05) is 39.8 Å². The van der Waals surface area contributed by atoms with Crippen LogP contribution in [-0.4, -0.2) is 69.5 Å². The van der Waals surface area contributed by atoms with Crippen LogP contribution in [0.4, 0.5) is 13.2 Å². The molecular formula is C19H27ClF3N3O3S. The second kappa shape index (κ2) is 10.8. The highest BCUT2D eigenvalue weighted by molar-refractivity contribution is 7.89. The number of amides is 1. The Labute approximate surface area is 180 Å². The maximum Gasteiger partial charge on any atom is 0.401 e. The third-order valence-electron chi connectivity index (χ3n) is 4.83. The molecular weight excluding hydrogens is 443 g/mol. The molecule has 30 heavy (non-hydrogen) atoms. The summed E-state index contributed by atoms with van der Waals surface area (Å²) in [4.78, 5) is 13.4. The Morgan fingerprint density at radius 1 is 1.20 bits per heavy atom. The molecule has 0 bridgehead atoms. The number of nitrogens with zero attached hydrogens (tertiary/aromatic N) is 2. The predicted octanol–water partition coefficient (Wildman–Crippen LogP) is 3.52. The van der Waals surface area contributed by atoms with Crippen LogP contribution in [0, 0.1) is 0 Å². The third kappa shape index (κ3) is 7.40. The fourth-order valence-corrected chi connectivity index (χ4v) is 5.32. The number of carbonyl (C=O) groups is 1. The van der Waals surface area contributed by atoms with Gasteiger partial charge in [0.1, 0.15) is 4.90 Å². The van der Waals surface area contributed by atoms with Crippen LogP contribution in [-0.2, 0) is 10.0 Å². The fraction of sp³-hybridized carbons (Fsp3) is 0.632. The van der Waals surface area contributed by atoms with E-state index in [4.69, 9.17) is 11.6 Å². The van der Waals surface area contributed by atoms with E-state index in [-0.39, 0.29) is 28.6 Å². The average Bonchev–Trinajstić information content (AvgIpc) is 2.94. The van der Waals surface area contributed by atoms with Crippen molar-refractivity contribution in [3.63, 3.8) is 0 Å². The second-order valence-corrected chi connectivity index (χ2v) is 9.74. The molecule has 1 N–H and O–H groups in total. The van der Waals surface area contributed by atoms with Gasteiger partial charge < -0.3 is 5.32 Å². The average molecular weight is 470 g/mol. The molecule has 0 atom stereocenters. The molecule has 1 amide bonds. The van der Waals surface area contributed by atoms with Gasteiger partial charge in [-0.25, -0.2) is 8.42 Å². The Balaban J connectivity index is 1.99. The monoisotopic (exact) mass is 469 g/mol. The smallest absolute Gasteiger partial charge is 0.352 e. The lowest BCUT2D eigenvalue weighted by molar-refractivity contribution is -0.143. The number of hydrogen-bond donors (Lipinski definition) is 1. The van der Waals surface area contributed by atoms with E-state index in [1.54, 1.807) is 0 Å². The van der Waals surface area contributed by atoms with Gasteiger partial charge in [-0.1, -0.05) is 24.4 Å². The first-order valence-corrected chi connectivity index (χ1v) is 11.7. The van der Waals surface area contributed by atoms with E-state index < -0.39 is 28.7 Å². The predicted molar refractivity (Wildman–Crippen MR) is 109 cm³/mol.